The summed E-state index contributed by atoms with van der Waals surface area (Å²) in [4.78, 5) is 24.0. The molecule has 0 fully saturated rings. The number of carboxylic acids is 1. The van der Waals surface area contributed by atoms with E-state index in [0.717, 1.165) is 25.8 Å². The number of nitrogens with zero attached hydrogens (tertiary/aromatic N) is 1. The average molecular weight is 258 g/mol. The van der Waals surface area contributed by atoms with Crippen LogP contribution in [0.15, 0.2) is 0 Å². The summed E-state index contributed by atoms with van der Waals surface area (Å²) < 4.78 is 0. The van der Waals surface area contributed by atoms with E-state index in [2.05, 4.69) is 12.2 Å². The van der Waals surface area contributed by atoms with Crippen LogP contribution >= 0.6 is 0 Å². The Bertz CT molecular complexity index is 255. The molecule has 0 aliphatic carbocycles. The second-order valence-corrected chi connectivity index (χ2v) is 4.72. The molecule has 0 aliphatic heterocycles. The van der Waals surface area contributed by atoms with Crippen molar-refractivity contribution in [2.45, 2.75) is 58.9 Å². The van der Waals surface area contributed by atoms with Crippen molar-refractivity contribution in [1.29, 1.82) is 0 Å². The Hall–Kier alpha value is -1.26. The summed E-state index contributed by atoms with van der Waals surface area (Å²) in [5.74, 6) is -0.826. The molecule has 5 nitrogen and oxygen atoms in total. The van der Waals surface area contributed by atoms with Crippen LogP contribution in [-0.4, -0.2) is 41.1 Å². The summed E-state index contributed by atoms with van der Waals surface area (Å²) in [6, 6.07) is 0.0767. The normalized spacial score (nSPS) is 10.4. The van der Waals surface area contributed by atoms with Gasteiger partial charge in [0.1, 0.15) is 0 Å². The second kappa shape index (κ2) is 9.74. The molecule has 5 heteroatoms. The highest BCUT2D eigenvalue weighted by molar-refractivity contribution is 5.74. The molecule has 2 N–H and O–H groups in total. The van der Waals surface area contributed by atoms with Crippen molar-refractivity contribution in [3.05, 3.63) is 0 Å². The van der Waals surface area contributed by atoms with Crippen LogP contribution in [0.5, 0.6) is 0 Å². The number of carbonyl (C=O) groups is 2. The molecule has 2 amide bonds. The lowest BCUT2D eigenvalue weighted by atomic mass is 10.2. The first-order valence-corrected chi connectivity index (χ1v) is 6.75. The third-order valence-corrected chi connectivity index (χ3v) is 2.73. The molecule has 0 aromatic rings. The van der Waals surface area contributed by atoms with E-state index in [0.29, 0.717) is 13.0 Å². The van der Waals surface area contributed by atoms with Crippen LogP contribution in [0, 0.1) is 0 Å². The highest BCUT2D eigenvalue weighted by Gasteiger charge is 2.15. The fourth-order valence-corrected chi connectivity index (χ4v) is 1.66. The number of carbonyl (C=O) groups excluding carboxylic acids is 1. The van der Waals surface area contributed by atoms with E-state index in [1.54, 1.807) is 4.90 Å². The molecule has 0 saturated carbocycles. The zero-order chi connectivity index (χ0) is 14.0. The Kier molecular flexibility index (Phi) is 9.06. The van der Waals surface area contributed by atoms with E-state index in [9.17, 15) is 9.59 Å². The molecule has 18 heavy (non-hydrogen) atoms. The fraction of sp³-hybridized carbons (Fsp3) is 0.846. The molecular formula is C13H26N2O3. The van der Waals surface area contributed by atoms with E-state index in [-0.39, 0.29) is 18.5 Å². The van der Waals surface area contributed by atoms with Crippen LogP contribution in [0.3, 0.4) is 0 Å². The van der Waals surface area contributed by atoms with Crippen LogP contribution in [-0.2, 0) is 4.79 Å². The van der Waals surface area contributed by atoms with Crippen LogP contribution < -0.4 is 5.32 Å². The number of carboxylic acid groups (broad SMARTS) is 1. The van der Waals surface area contributed by atoms with Gasteiger partial charge in [0.2, 0.25) is 0 Å². The number of rotatable bonds is 9. The van der Waals surface area contributed by atoms with Crippen LogP contribution in [0.1, 0.15) is 52.9 Å². The first-order valence-electron chi connectivity index (χ1n) is 6.75. The van der Waals surface area contributed by atoms with Gasteiger partial charge in [0.25, 0.3) is 0 Å². The van der Waals surface area contributed by atoms with Crippen molar-refractivity contribution in [2.75, 3.05) is 13.1 Å². The Labute approximate surface area is 110 Å². The van der Waals surface area contributed by atoms with Gasteiger partial charge in [-0.05, 0) is 26.7 Å². The Morgan fingerprint density at radius 1 is 1.22 bits per heavy atom. The van der Waals surface area contributed by atoms with Crippen LogP contribution in [0.25, 0.3) is 0 Å². The molecule has 106 valence electrons. The SMILES string of the molecule is CCCCCN(C(=O)NCCCC(=O)O)C(C)C. The first-order chi connectivity index (χ1) is 8.49. The molecule has 0 atom stereocenters. The maximum atomic E-state index is 11.9. The third kappa shape index (κ3) is 7.92. The van der Waals surface area contributed by atoms with Gasteiger partial charge in [0.05, 0.1) is 0 Å². The largest absolute Gasteiger partial charge is 0.481 e. The van der Waals surface area contributed by atoms with Gasteiger partial charge in [-0.3, -0.25) is 4.79 Å². The van der Waals surface area contributed by atoms with Gasteiger partial charge in [0.15, 0.2) is 0 Å². The average Bonchev–Trinajstić information content (AvgIpc) is 2.29. The van der Waals surface area contributed by atoms with Crippen molar-refractivity contribution >= 4 is 12.0 Å². The van der Waals surface area contributed by atoms with Gasteiger partial charge < -0.3 is 15.3 Å². The van der Waals surface area contributed by atoms with Gasteiger partial charge >= 0.3 is 12.0 Å². The minimum Gasteiger partial charge on any atom is -0.481 e. The lowest BCUT2D eigenvalue weighted by Gasteiger charge is -2.27. The van der Waals surface area contributed by atoms with E-state index in [1.165, 1.54) is 0 Å². The van der Waals surface area contributed by atoms with Crippen molar-refractivity contribution in [1.82, 2.24) is 10.2 Å². The Morgan fingerprint density at radius 2 is 1.89 bits per heavy atom. The predicted molar refractivity (Wildman–Crippen MR) is 71.6 cm³/mol. The molecule has 0 rings (SSSR count). The minimum absolute atomic E-state index is 0.0912. The standard InChI is InChI=1S/C13H26N2O3/c1-4-5-6-10-15(11(2)3)13(18)14-9-7-8-12(16)17/h11H,4-10H2,1-3H3,(H,14,18)(H,16,17). The number of aliphatic carboxylic acids is 1. The molecule has 0 radical (unpaired) electrons. The molecule has 0 bridgehead atoms. The molecule has 0 aliphatic rings. The maximum absolute atomic E-state index is 11.9. The van der Waals surface area contributed by atoms with Crippen molar-refractivity contribution < 1.29 is 14.7 Å². The fourth-order valence-electron chi connectivity index (χ4n) is 1.66. The van der Waals surface area contributed by atoms with Crippen molar-refractivity contribution in [3.8, 4) is 0 Å². The predicted octanol–water partition coefficient (Wildman–Crippen LogP) is 2.46. The van der Waals surface area contributed by atoms with Crippen molar-refractivity contribution in [2.24, 2.45) is 0 Å². The number of unbranched alkanes of at least 4 members (excludes halogenated alkanes) is 2. The zero-order valence-electron chi connectivity index (χ0n) is 11.7. The highest BCUT2D eigenvalue weighted by atomic mass is 16.4. The van der Waals surface area contributed by atoms with Gasteiger partial charge in [0, 0.05) is 25.6 Å². The van der Waals surface area contributed by atoms with Gasteiger partial charge in [-0.25, -0.2) is 4.79 Å². The Balaban J connectivity index is 3.94. The molecule has 0 aromatic heterocycles. The number of hydrogen-bond donors (Lipinski definition) is 2. The zero-order valence-corrected chi connectivity index (χ0v) is 11.7. The lowest BCUT2D eigenvalue weighted by Crippen LogP contribution is -2.44. The minimum atomic E-state index is -0.826. The van der Waals surface area contributed by atoms with E-state index < -0.39 is 5.97 Å². The van der Waals surface area contributed by atoms with E-state index in [1.807, 2.05) is 13.8 Å². The smallest absolute Gasteiger partial charge is 0.317 e. The molecule has 0 saturated heterocycles. The summed E-state index contributed by atoms with van der Waals surface area (Å²) in [5.41, 5.74) is 0. The van der Waals surface area contributed by atoms with E-state index in [4.69, 9.17) is 5.11 Å². The molecule has 0 spiro atoms. The van der Waals surface area contributed by atoms with E-state index >= 15 is 0 Å². The molecule has 0 heterocycles. The summed E-state index contributed by atoms with van der Waals surface area (Å²) in [7, 11) is 0. The number of amides is 2. The summed E-state index contributed by atoms with van der Waals surface area (Å²) in [5, 5.41) is 11.3. The number of hydrogen-bond acceptors (Lipinski definition) is 2. The molecular weight excluding hydrogens is 232 g/mol. The van der Waals surface area contributed by atoms with Gasteiger partial charge in [-0.2, -0.15) is 0 Å². The topological polar surface area (TPSA) is 69.6 Å². The van der Waals surface area contributed by atoms with Crippen LogP contribution in [0.2, 0.25) is 0 Å². The monoisotopic (exact) mass is 258 g/mol. The quantitative estimate of drug-likeness (QED) is 0.624. The molecule has 0 aromatic carbocycles. The second-order valence-electron chi connectivity index (χ2n) is 4.72. The summed E-state index contributed by atoms with van der Waals surface area (Å²) in [6.07, 6.45) is 3.83. The first kappa shape index (κ1) is 16.7. The molecule has 0 unspecified atom stereocenters. The van der Waals surface area contributed by atoms with Crippen LogP contribution in [0.4, 0.5) is 4.79 Å². The lowest BCUT2D eigenvalue weighted by molar-refractivity contribution is -0.137. The summed E-state index contributed by atoms with van der Waals surface area (Å²) in [6.45, 7) is 7.29. The maximum Gasteiger partial charge on any atom is 0.317 e. The summed E-state index contributed by atoms with van der Waals surface area (Å²) >= 11 is 0. The van der Waals surface area contributed by atoms with Gasteiger partial charge in [-0.15, -0.1) is 0 Å². The van der Waals surface area contributed by atoms with Crippen molar-refractivity contribution in [3.63, 3.8) is 0 Å². The highest BCUT2D eigenvalue weighted by Crippen LogP contribution is 2.04. The third-order valence-electron chi connectivity index (χ3n) is 2.73. The Morgan fingerprint density at radius 3 is 2.39 bits per heavy atom. The number of urea groups is 1. The number of nitrogens with one attached hydrogen (secondary N) is 1. The van der Waals surface area contributed by atoms with Gasteiger partial charge in [-0.1, -0.05) is 19.8 Å².